The summed E-state index contributed by atoms with van der Waals surface area (Å²) in [6.45, 7) is 5.22. The minimum absolute atomic E-state index is 0.256. The summed E-state index contributed by atoms with van der Waals surface area (Å²) >= 11 is 0. The van der Waals surface area contributed by atoms with Gasteiger partial charge < -0.3 is 10.1 Å². The highest BCUT2D eigenvalue weighted by atomic mass is 16.5. The molecule has 0 radical (unpaired) electrons. The standard InChI is InChI=1S/C12H23N3O/c1-5-6-15-9-11(8-14-15)12(13-3)7-10(2)16-4/h8-10,12-13H,5-7H2,1-4H3. The number of aromatic nitrogens is 2. The van der Waals surface area contributed by atoms with Gasteiger partial charge in [0.05, 0.1) is 12.3 Å². The quantitative estimate of drug-likeness (QED) is 0.771. The molecular weight excluding hydrogens is 202 g/mol. The highest BCUT2D eigenvalue weighted by molar-refractivity contribution is 5.10. The van der Waals surface area contributed by atoms with E-state index in [-0.39, 0.29) is 6.10 Å². The van der Waals surface area contributed by atoms with E-state index in [4.69, 9.17) is 4.74 Å². The molecular formula is C12H23N3O. The van der Waals surface area contributed by atoms with Crippen LogP contribution in [0, 0.1) is 0 Å². The summed E-state index contributed by atoms with van der Waals surface area (Å²) in [5, 5.41) is 7.65. The van der Waals surface area contributed by atoms with Crippen molar-refractivity contribution in [3.63, 3.8) is 0 Å². The minimum Gasteiger partial charge on any atom is -0.382 e. The summed E-state index contributed by atoms with van der Waals surface area (Å²) in [5.41, 5.74) is 1.24. The molecule has 0 aromatic carbocycles. The van der Waals surface area contributed by atoms with Gasteiger partial charge in [0.1, 0.15) is 0 Å². The lowest BCUT2D eigenvalue weighted by Gasteiger charge is -2.18. The van der Waals surface area contributed by atoms with Gasteiger partial charge >= 0.3 is 0 Å². The second-order valence-corrected chi connectivity index (χ2v) is 4.16. The lowest BCUT2D eigenvalue weighted by molar-refractivity contribution is 0.101. The summed E-state index contributed by atoms with van der Waals surface area (Å²) in [4.78, 5) is 0. The molecule has 1 heterocycles. The molecule has 0 spiro atoms. The monoisotopic (exact) mass is 225 g/mol. The number of nitrogens with one attached hydrogen (secondary N) is 1. The van der Waals surface area contributed by atoms with Crippen LogP contribution in [0.25, 0.3) is 0 Å². The SMILES string of the molecule is CCCn1cc(C(CC(C)OC)NC)cn1. The summed E-state index contributed by atoms with van der Waals surface area (Å²) in [7, 11) is 3.72. The van der Waals surface area contributed by atoms with Crippen molar-refractivity contribution in [1.29, 1.82) is 0 Å². The van der Waals surface area contributed by atoms with E-state index in [1.54, 1.807) is 7.11 Å². The molecule has 2 atom stereocenters. The van der Waals surface area contributed by atoms with E-state index in [0.717, 1.165) is 19.4 Å². The fourth-order valence-corrected chi connectivity index (χ4v) is 1.76. The largest absolute Gasteiger partial charge is 0.382 e. The van der Waals surface area contributed by atoms with Gasteiger partial charge in [-0.3, -0.25) is 4.68 Å². The van der Waals surface area contributed by atoms with Crippen molar-refractivity contribution in [2.24, 2.45) is 0 Å². The van der Waals surface area contributed by atoms with E-state index in [9.17, 15) is 0 Å². The number of nitrogens with zero attached hydrogens (tertiary/aromatic N) is 2. The Hall–Kier alpha value is -0.870. The zero-order valence-corrected chi connectivity index (χ0v) is 10.7. The van der Waals surface area contributed by atoms with Gasteiger partial charge in [0, 0.05) is 31.5 Å². The molecule has 0 aliphatic heterocycles. The first-order valence-corrected chi connectivity index (χ1v) is 5.93. The zero-order valence-electron chi connectivity index (χ0n) is 10.7. The normalized spacial score (nSPS) is 15.0. The average molecular weight is 225 g/mol. The molecule has 0 fully saturated rings. The Balaban J connectivity index is 2.63. The fourth-order valence-electron chi connectivity index (χ4n) is 1.76. The van der Waals surface area contributed by atoms with Crippen LogP contribution in [0.2, 0.25) is 0 Å². The Labute approximate surface area is 98.0 Å². The lowest BCUT2D eigenvalue weighted by atomic mass is 10.1. The van der Waals surface area contributed by atoms with E-state index >= 15 is 0 Å². The first-order chi connectivity index (χ1) is 7.71. The summed E-state index contributed by atoms with van der Waals surface area (Å²) < 4.78 is 7.29. The summed E-state index contributed by atoms with van der Waals surface area (Å²) in [6, 6.07) is 0.320. The van der Waals surface area contributed by atoms with Crippen LogP contribution in [-0.2, 0) is 11.3 Å². The third-order valence-electron chi connectivity index (χ3n) is 2.83. The molecule has 1 aromatic rings. The van der Waals surface area contributed by atoms with Crippen LogP contribution in [0.15, 0.2) is 12.4 Å². The molecule has 1 aromatic heterocycles. The van der Waals surface area contributed by atoms with Gasteiger partial charge in [-0.05, 0) is 26.8 Å². The Kier molecular flexibility index (Phi) is 5.49. The van der Waals surface area contributed by atoms with Crippen molar-refractivity contribution in [3.8, 4) is 0 Å². The van der Waals surface area contributed by atoms with Crippen molar-refractivity contribution in [3.05, 3.63) is 18.0 Å². The van der Waals surface area contributed by atoms with E-state index in [0.29, 0.717) is 6.04 Å². The first-order valence-electron chi connectivity index (χ1n) is 5.93. The van der Waals surface area contributed by atoms with Crippen LogP contribution in [0.4, 0.5) is 0 Å². The number of rotatable bonds is 7. The van der Waals surface area contributed by atoms with Gasteiger partial charge in [-0.2, -0.15) is 5.10 Å². The zero-order chi connectivity index (χ0) is 12.0. The highest BCUT2D eigenvalue weighted by Crippen LogP contribution is 2.18. The van der Waals surface area contributed by atoms with Gasteiger partial charge in [0.25, 0.3) is 0 Å². The minimum atomic E-state index is 0.256. The second kappa shape index (κ2) is 6.66. The van der Waals surface area contributed by atoms with Gasteiger partial charge in [-0.1, -0.05) is 6.92 Å². The van der Waals surface area contributed by atoms with Gasteiger partial charge in [0.2, 0.25) is 0 Å². The fraction of sp³-hybridized carbons (Fsp3) is 0.750. The van der Waals surface area contributed by atoms with Gasteiger partial charge in [-0.15, -0.1) is 0 Å². The Morgan fingerprint density at radius 1 is 1.56 bits per heavy atom. The molecule has 0 saturated carbocycles. The maximum absolute atomic E-state index is 5.29. The van der Waals surface area contributed by atoms with Crippen molar-refractivity contribution in [2.75, 3.05) is 14.2 Å². The first kappa shape index (κ1) is 13.2. The highest BCUT2D eigenvalue weighted by Gasteiger charge is 2.14. The lowest BCUT2D eigenvalue weighted by Crippen LogP contribution is -2.21. The van der Waals surface area contributed by atoms with Gasteiger partial charge in [-0.25, -0.2) is 0 Å². The van der Waals surface area contributed by atoms with Crippen LogP contribution >= 0.6 is 0 Å². The topological polar surface area (TPSA) is 39.1 Å². The van der Waals surface area contributed by atoms with Crippen LogP contribution < -0.4 is 5.32 Å². The Bertz CT molecular complexity index is 298. The summed E-state index contributed by atoms with van der Waals surface area (Å²) in [5.74, 6) is 0. The molecule has 4 heteroatoms. The molecule has 4 nitrogen and oxygen atoms in total. The third-order valence-corrected chi connectivity index (χ3v) is 2.83. The average Bonchev–Trinajstić information content (AvgIpc) is 2.74. The van der Waals surface area contributed by atoms with E-state index in [1.807, 2.05) is 17.9 Å². The molecule has 0 bridgehead atoms. The van der Waals surface area contributed by atoms with Crippen LogP contribution in [-0.4, -0.2) is 30.0 Å². The van der Waals surface area contributed by atoms with Crippen molar-refractivity contribution >= 4 is 0 Å². The number of hydrogen-bond acceptors (Lipinski definition) is 3. The van der Waals surface area contributed by atoms with E-state index < -0.39 is 0 Å². The molecule has 1 rings (SSSR count). The maximum atomic E-state index is 5.29. The van der Waals surface area contributed by atoms with E-state index in [1.165, 1.54) is 5.56 Å². The number of methoxy groups -OCH3 is 1. The molecule has 2 unspecified atom stereocenters. The molecule has 1 N–H and O–H groups in total. The third kappa shape index (κ3) is 3.61. The van der Waals surface area contributed by atoms with Crippen molar-refractivity contribution < 1.29 is 4.74 Å². The summed E-state index contributed by atoms with van der Waals surface area (Å²) in [6.07, 6.45) is 6.39. The van der Waals surface area contributed by atoms with Crippen molar-refractivity contribution in [2.45, 2.75) is 45.4 Å². The number of hydrogen-bond donors (Lipinski definition) is 1. The van der Waals surface area contributed by atoms with Crippen LogP contribution in [0.5, 0.6) is 0 Å². The number of ether oxygens (including phenoxy) is 1. The molecule has 0 amide bonds. The van der Waals surface area contributed by atoms with Crippen molar-refractivity contribution in [1.82, 2.24) is 15.1 Å². The second-order valence-electron chi connectivity index (χ2n) is 4.16. The maximum Gasteiger partial charge on any atom is 0.0561 e. The molecule has 16 heavy (non-hydrogen) atoms. The predicted molar refractivity (Wildman–Crippen MR) is 65.4 cm³/mol. The van der Waals surface area contributed by atoms with Gasteiger partial charge in [0.15, 0.2) is 0 Å². The smallest absolute Gasteiger partial charge is 0.0561 e. The number of aryl methyl sites for hydroxylation is 1. The molecule has 0 saturated heterocycles. The van der Waals surface area contributed by atoms with Crippen LogP contribution in [0.3, 0.4) is 0 Å². The molecule has 0 aliphatic rings. The Morgan fingerprint density at radius 2 is 2.31 bits per heavy atom. The predicted octanol–water partition coefficient (Wildman–Crippen LogP) is 1.98. The molecule has 92 valence electrons. The molecule has 0 aliphatic carbocycles. The van der Waals surface area contributed by atoms with Crippen LogP contribution in [0.1, 0.15) is 38.3 Å². The van der Waals surface area contributed by atoms with E-state index in [2.05, 4.69) is 30.5 Å². The Morgan fingerprint density at radius 3 is 2.88 bits per heavy atom.